The second kappa shape index (κ2) is 8.03. The smallest absolute Gasteiger partial charge is 0.251 e. The van der Waals surface area contributed by atoms with Crippen LogP contribution in [0.15, 0.2) is 42.5 Å². The molecule has 2 aromatic rings. The third-order valence-electron chi connectivity index (χ3n) is 5.16. The summed E-state index contributed by atoms with van der Waals surface area (Å²) >= 11 is 5.94. The van der Waals surface area contributed by atoms with Gasteiger partial charge in [0, 0.05) is 35.0 Å². The number of likely N-dealkylation sites (tertiary alicyclic amines) is 1. The molecule has 0 spiro atoms. The number of rotatable bonds is 4. The molecule has 1 heterocycles. The van der Waals surface area contributed by atoms with Gasteiger partial charge in [-0.25, -0.2) is 0 Å². The van der Waals surface area contributed by atoms with Gasteiger partial charge in [0.05, 0.1) is 13.1 Å². The molecule has 3 nitrogen and oxygen atoms in total. The van der Waals surface area contributed by atoms with E-state index in [1.54, 1.807) is 4.90 Å². The van der Waals surface area contributed by atoms with Crippen LogP contribution in [-0.2, 0) is 6.54 Å². The van der Waals surface area contributed by atoms with Gasteiger partial charge in [-0.1, -0.05) is 29.8 Å². The topological polar surface area (TPSA) is 33.5 Å². The van der Waals surface area contributed by atoms with Crippen LogP contribution >= 0.6 is 11.6 Å². The van der Waals surface area contributed by atoms with Gasteiger partial charge in [-0.05, 0) is 49.2 Å². The van der Waals surface area contributed by atoms with Gasteiger partial charge >= 0.3 is 0 Å². The van der Waals surface area contributed by atoms with Crippen molar-refractivity contribution in [2.75, 3.05) is 13.1 Å². The highest BCUT2D eigenvalue weighted by molar-refractivity contribution is 6.30. The highest BCUT2D eigenvalue weighted by Crippen LogP contribution is 2.11. The number of quaternary nitrogens is 1. The lowest BCUT2D eigenvalue weighted by Gasteiger charge is -2.30. The standard InChI is InChI=1S/C21H25ClN2O/c1-15-3-6-18(13-16(15)2)21(25)23-20-9-11-24(12-10-20)14-17-4-7-19(22)8-5-17/h3-8,13,20H,9-12,14H2,1-2H3,(H,23,25)/p+1. The molecule has 0 aromatic heterocycles. The van der Waals surface area contributed by atoms with E-state index in [2.05, 4.69) is 24.4 Å². The number of piperidine rings is 1. The number of hydrogen-bond donors (Lipinski definition) is 2. The van der Waals surface area contributed by atoms with Crippen molar-refractivity contribution in [3.05, 3.63) is 69.7 Å². The summed E-state index contributed by atoms with van der Waals surface area (Å²) in [7, 11) is 0. The Kier molecular flexibility index (Phi) is 5.77. The molecule has 4 heteroatoms. The fourth-order valence-electron chi connectivity index (χ4n) is 3.39. The van der Waals surface area contributed by atoms with Crippen LogP contribution in [0.2, 0.25) is 5.02 Å². The van der Waals surface area contributed by atoms with Crippen molar-refractivity contribution in [1.29, 1.82) is 0 Å². The van der Waals surface area contributed by atoms with Crippen molar-refractivity contribution in [3.63, 3.8) is 0 Å². The maximum absolute atomic E-state index is 12.5. The van der Waals surface area contributed by atoms with Crippen LogP contribution in [-0.4, -0.2) is 25.0 Å². The third-order valence-corrected chi connectivity index (χ3v) is 5.42. The number of hydrogen-bond acceptors (Lipinski definition) is 1. The molecule has 0 saturated carbocycles. The van der Waals surface area contributed by atoms with Crippen LogP contribution in [0.3, 0.4) is 0 Å². The third kappa shape index (κ3) is 4.83. The average Bonchev–Trinajstić information content (AvgIpc) is 2.61. The van der Waals surface area contributed by atoms with Crippen molar-refractivity contribution >= 4 is 17.5 Å². The minimum Gasteiger partial charge on any atom is -0.349 e. The van der Waals surface area contributed by atoms with E-state index in [0.29, 0.717) is 0 Å². The Labute approximate surface area is 155 Å². The van der Waals surface area contributed by atoms with E-state index in [0.717, 1.165) is 48.6 Å². The van der Waals surface area contributed by atoms with Crippen molar-refractivity contribution < 1.29 is 9.69 Å². The van der Waals surface area contributed by atoms with Crippen molar-refractivity contribution in [2.24, 2.45) is 0 Å². The Balaban J connectivity index is 1.49. The summed E-state index contributed by atoms with van der Waals surface area (Å²) in [4.78, 5) is 14.0. The summed E-state index contributed by atoms with van der Waals surface area (Å²) in [5, 5.41) is 3.99. The molecular weight excluding hydrogens is 332 g/mol. The molecular formula is C21H26ClN2O+. The number of amides is 1. The maximum atomic E-state index is 12.5. The molecule has 25 heavy (non-hydrogen) atoms. The van der Waals surface area contributed by atoms with Gasteiger partial charge in [-0.3, -0.25) is 4.79 Å². The minimum atomic E-state index is 0.0502. The van der Waals surface area contributed by atoms with Crippen molar-refractivity contribution in [2.45, 2.75) is 39.3 Å². The van der Waals surface area contributed by atoms with E-state index in [1.165, 1.54) is 11.1 Å². The number of carbonyl (C=O) groups is 1. The lowest BCUT2D eigenvalue weighted by atomic mass is 10.0. The second-order valence-corrected chi connectivity index (χ2v) is 7.54. The van der Waals surface area contributed by atoms with E-state index in [9.17, 15) is 4.79 Å². The number of benzene rings is 2. The Morgan fingerprint density at radius 1 is 1.08 bits per heavy atom. The van der Waals surface area contributed by atoms with E-state index in [-0.39, 0.29) is 11.9 Å². The lowest BCUT2D eigenvalue weighted by Crippen LogP contribution is -3.12. The molecule has 1 amide bonds. The zero-order valence-electron chi connectivity index (χ0n) is 14.9. The number of halogens is 1. The summed E-state index contributed by atoms with van der Waals surface area (Å²) in [6.45, 7) is 7.30. The molecule has 1 aliphatic heterocycles. The molecule has 0 unspecified atom stereocenters. The Morgan fingerprint density at radius 3 is 2.40 bits per heavy atom. The van der Waals surface area contributed by atoms with Crippen molar-refractivity contribution in [3.8, 4) is 0 Å². The lowest BCUT2D eigenvalue weighted by molar-refractivity contribution is -0.918. The fraction of sp³-hybridized carbons (Fsp3) is 0.381. The zero-order valence-corrected chi connectivity index (χ0v) is 15.7. The van der Waals surface area contributed by atoms with E-state index >= 15 is 0 Å². The van der Waals surface area contributed by atoms with Gasteiger partial charge in [-0.15, -0.1) is 0 Å². The first-order chi connectivity index (χ1) is 12.0. The SMILES string of the molecule is Cc1ccc(C(=O)NC2CC[NH+](Cc3ccc(Cl)cc3)CC2)cc1C. The predicted octanol–water partition coefficient (Wildman–Crippen LogP) is 2.93. The molecule has 3 rings (SSSR count). The van der Waals surface area contributed by atoms with Gasteiger partial charge in [0.2, 0.25) is 0 Å². The molecule has 0 radical (unpaired) electrons. The van der Waals surface area contributed by atoms with Crippen LogP contribution in [0, 0.1) is 13.8 Å². The molecule has 0 bridgehead atoms. The van der Waals surface area contributed by atoms with Crippen LogP contribution in [0.5, 0.6) is 0 Å². The Hall–Kier alpha value is -1.84. The highest BCUT2D eigenvalue weighted by Gasteiger charge is 2.23. The minimum absolute atomic E-state index is 0.0502. The maximum Gasteiger partial charge on any atom is 0.251 e. The highest BCUT2D eigenvalue weighted by atomic mass is 35.5. The van der Waals surface area contributed by atoms with E-state index in [1.807, 2.05) is 37.3 Å². The Morgan fingerprint density at radius 2 is 1.76 bits per heavy atom. The first kappa shape index (κ1) is 18.0. The number of aryl methyl sites for hydroxylation is 2. The van der Waals surface area contributed by atoms with E-state index in [4.69, 9.17) is 11.6 Å². The predicted molar refractivity (Wildman–Crippen MR) is 102 cm³/mol. The largest absolute Gasteiger partial charge is 0.349 e. The quantitative estimate of drug-likeness (QED) is 0.866. The molecule has 1 aliphatic rings. The fourth-order valence-corrected chi connectivity index (χ4v) is 3.52. The molecule has 1 fully saturated rings. The molecule has 0 aliphatic carbocycles. The van der Waals surface area contributed by atoms with Gasteiger partial charge in [0.25, 0.3) is 5.91 Å². The monoisotopic (exact) mass is 357 g/mol. The van der Waals surface area contributed by atoms with Crippen LogP contribution < -0.4 is 10.2 Å². The van der Waals surface area contributed by atoms with Crippen molar-refractivity contribution in [1.82, 2.24) is 5.32 Å². The van der Waals surface area contributed by atoms with Gasteiger partial charge in [0.15, 0.2) is 0 Å². The average molecular weight is 358 g/mol. The molecule has 2 aromatic carbocycles. The van der Waals surface area contributed by atoms with Gasteiger partial charge in [0.1, 0.15) is 6.54 Å². The first-order valence-corrected chi connectivity index (χ1v) is 9.35. The van der Waals surface area contributed by atoms with E-state index < -0.39 is 0 Å². The van der Waals surface area contributed by atoms with Crippen LogP contribution in [0.25, 0.3) is 0 Å². The van der Waals surface area contributed by atoms with Crippen LogP contribution in [0.4, 0.5) is 0 Å². The number of carbonyl (C=O) groups excluding carboxylic acids is 1. The molecule has 132 valence electrons. The molecule has 2 N–H and O–H groups in total. The summed E-state index contributed by atoms with van der Waals surface area (Å²) in [5.74, 6) is 0.0502. The summed E-state index contributed by atoms with van der Waals surface area (Å²) < 4.78 is 0. The van der Waals surface area contributed by atoms with Gasteiger partial charge < -0.3 is 10.2 Å². The summed E-state index contributed by atoms with van der Waals surface area (Å²) in [6, 6.07) is 14.3. The molecule has 1 saturated heterocycles. The Bertz CT molecular complexity index is 734. The normalized spacial score (nSPS) is 20.3. The zero-order chi connectivity index (χ0) is 17.8. The number of nitrogens with one attached hydrogen (secondary N) is 2. The molecule has 0 atom stereocenters. The van der Waals surface area contributed by atoms with Gasteiger partial charge in [-0.2, -0.15) is 0 Å². The summed E-state index contributed by atoms with van der Waals surface area (Å²) in [5.41, 5.74) is 4.46. The second-order valence-electron chi connectivity index (χ2n) is 7.10. The summed E-state index contributed by atoms with van der Waals surface area (Å²) in [6.07, 6.45) is 2.05. The first-order valence-electron chi connectivity index (χ1n) is 8.97. The van der Waals surface area contributed by atoms with Crippen LogP contribution in [0.1, 0.15) is 39.9 Å².